The number of benzene rings is 2. The van der Waals surface area contributed by atoms with Crippen LogP contribution in [0.1, 0.15) is 29.7 Å². The fraction of sp³-hybridized carbons (Fsp3) is 0.250. The van der Waals surface area contributed by atoms with Gasteiger partial charge in [-0.15, -0.1) is 11.3 Å². The van der Waals surface area contributed by atoms with E-state index < -0.39 is 0 Å². The molecule has 2 aromatic carbocycles. The third kappa shape index (κ3) is 3.83. The Bertz CT molecular complexity index is 782. The Hall–Kier alpha value is -2.17. The maximum atomic E-state index is 5.48. The first kappa shape index (κ1) is 16.7. The van der Waals surface area contributed by atoms with Gasteiger partial charge in [-0.25, -0.2) is 4.98 Å². The van der Waals surface area contributed by atoms with E-state index in [1.807, 2.05) is 17.6 Å². The molecule has 3 rings (SSSR count). The maximum Gasteiger partial charge on any atom is 0.129 e. The highest BCUT2D eigenvalue weighted by molar-refractivity contribution is 7.13. The lowest BCUT2D eigenvalue weighted by Gasteiger charge is -2.15. The fourth-order valence-corrected chi connectivity index (χ4v) is 3.29. The first-order valence-electron chi connectivity index (χ1n) is 8.04. The van der Waals surface area contributed by atoms with E-state index >= 15 is 0 Å². The van der Waals surface area contributed by atoms with Gasteiger partial charge in [-0.2, -0.15) is 0 Å². The number of thiazole rings is 1. The van der Waals surface area contributed by atoms with Crippen molar-refractivity contribution in [3.63, 3.8) is 0 Å². The molecule has 0 bridgehead atoms. The minimum atomic E-state index is 0.302. The Kier molecular flexibility index (Phi) is 5.28. The lowest BCUT2D eigenvalue weighted by atomic mass is 10.1. The lowest BCUT2D eigenvalue weighted by molar-refractivity contribution is 0.416. The van der Waals surface area contributed by atoms with Crippen LogP contribution in [0, 0.1) is 6.92 Å². The summed E-state index contributed by atoms with van der Waals surface area (Å²) in [6, 6.07) is 15.3. The molecular formula is C20H22N2OS. The normalized spacial score (nSPS) is 12.1. The van der Waals surface area contributed by atoms with Crippen molar-refractivity contribution < 1.29 is 4.74 Å². The molecule has 0 spiro atoms. The van der Waals surface area contributed by atoms with Crippen LogP contribution in [0.5, 0.6) is 5.75 Å². The molecule has 1 N–H and O–H groups in total. The molecule has 1 atom stereocenters. The summed E-state index contributed by atoms with van der Waals surface area (Å²) in [5.41, 5.74) is 4.86. The van der Waals surface area contributed by atoms with E-state index in [1.54, 1.807) is 18.4 Å². The lowest BCUT2D eigenvalue weighted by Crippen LogP contribution is -2.18. The van der Waals surface area contributed by atoms with Gasteiger partial charge in [0.15, 0.2) is 0 Å². The third-order valence-corrected chi connectivity index (χ3v) is 4.92. The number of nitrogens with zero attached hydrogens (tertiary/aromatic N) is 1. The van der Waals surface area contributed by atoms with Crippen molar-refractivity contribution in [2.24, 2.45) is 0 Å². The predicted molar refractivity (Wildman–Crippen MR) is 101 cm³/mol. The second-order valence-electron chi connectivity index (χ2n) is 5.89. The van der Waals surface area contributed by atoms with Crippen molar-refractivity contribution in [3.05, 3.63) is 70.7 Å². The average Bonchev–Trinajstić information content (AvgIpc) is 3.14. The van der Waals surface area contributed by atoms with Crippen molar-refractivity contribution in [2.75, 3.05) is 7.11 Å². The van der Waals surface area contributed by atoms with Crippen LogP contribution in [0.2, 0.25) is 0 Å². The van der Waals surface area contributed by atoms with E-state index in [9.17, 15) is 0 Å². The van der Waals surface area contributed by atoms with Crippen LogP contribution in [-0.2, 0) is 6.54 Å². The number of hydrogen-bond donors (Lipinski definition) is 1. The van der Waals surface area contributed by atoms with Gasteiger partial charge in [-0.3, -0.25) is 0 Å². The van der Waals surface area contributed by atoms with Gasteiger partial charge in [0.25, 0.3) is 0 Å². The third-order valence-electron chi connectivity index (χ3n) is 4.12. The minimum Gasteiger partial charge on any atom is -0.496 e. The monoisotopic (exact) mass is 338 g/mol. The fourth-order valence-electron chi connectivity index (χ4n) is 2.63. The number of rotatable bonds is 6. The number of methoxy groups -OCH3 is 1. The zero-order chi connectivity index (χ0) is 16.9. The Morgan fingerprint density at radius 2 is 1.96 bits per heavy atom. The van der Waals surface area contributed by atoms with Crippen LogP contribution in [-0.4, -0.2) is 12.1 Å². The summed E-state index contributed by atoms with van der Waals surface area (Å²) in [6.45, 7) is 5.10. The van der Waals surface area contributed by atoms with Gasteiger partial charge in [-0.1, -0.05) is 35.9 Å². The van der Waals surface area contributed by atoms with Crippen LogP contribution >= 0.6 is 11.3 Å². The largest absolute Gasteiger partial charge is 0.496 e. The number of ether oxygens (including phenoxy) is 1. The molecule has 4 heteroatoms. The van der Waals surface area contributed by atoms with Gasteiger partial charge in [0.2, 0.25) is 0 Å². The van der Waals surface area contributed by atoms with E-state index in [2.05, 4.69) is 60.5 Å². The summed E-state index contributed by atoms with van der Waals surface area (Å²) in [5, 5.41) is 6.56. The zero-order valence-electron chi connectivity index (χ0n) is 14.2. The highest BCUT2D eigenvalue weighted by Crippen LogP contribution is 2.32. The zero-order valence-corrected chi connectivity index (χ0v) is 15.1. The number of hydrogen-bond acceptors (Lipinski definition) is 4. The molecular weight excluding hydrogens is 316 g/mol. The molecule has 0 aliphatic rings. The Balaban J connectivity index is 1.73. The molecule has 1 heterocycles. The van der Waals surface area contributed by atoms with Crippen LogP contribution < -0.4 is 10.1 Å². The van der Waals surface area contributed by atoms with Gasteiger partial charge in [-0.05, 0) is 37.1 Å². The molecule has 0 saturated heterocycles. The molecule has 3 nitrogen and oxygen atoms in total. The van der Waals surface area contributed by atoms with E-state index in [0.29, 0.717) is 6.04 Å². The Labute approximate surface area is 147 Å². The molecule has 0 aliphatic heterocycles. The Morgan fingerprint density at radius 3 is 2.62 bits per heavy atom. The quantitative estimate of drug-likeness (QED) is 0.688. The number of aryl methyl sites for hydroxylation is 1. The van der Waals surface area contributed by atoms with E-state index in [4.69, 9.17) is 4.74 Å². The van der Waals surface area contributed by atoms with Crippen LogP contribution in [0.25, 0.3) is 10.6 Å². The van der Waals surface area contributed by atoms with Gasteiger partial charge < -0.3 is 10.1 Å². The second kappa shape index (κ2) is 7.60. The van der Waals surface area contributed by atoms with Crippen LogP contribution in [0.15, 0.2) is 54.0 Å². The molecule has 0 radical (unpaired) electrons. The molecule has 0 amide bonds. The van der Waals surface area contributed by atoms with Gasteiger partial charge in [0, 0.05) is 24.2 Å². The molecule has 0 fully saturated rings. The van der Waals surface area contributed by atoms with E-state index in [0.717, 1.165) is 22.9 Å². The summed E-state index contributed by atoms with van der Waals surface area (Å²) < 4.78 is 5.48. The van der Waals surface area contributed by atoms with E-state index in [-0.39, 0.29) is 0 Å². The highest BCUT2D eigenvalue weighted by atomic mass is 32.1. The SMILES string of the molecule is COc1ccc(CNC(C)c2ccc(C)cc2)cc1-c1nccs1. The summed E-state index contributed by atoms with van der Waals surface area (Å²) >= 11 is 1.63. The second-order valence-corrected chi connectivity index (χ2v) is 6.78. The molecule has 24 heavy (non-hydrogen) atoms. The van der Waals surface area contributed by atoms with Crippen LogP contribution in [0.3, 0.4) is 0 Å². The standard InChI is InChI=1S/C20H22N2OS/c1-14-4-7-17(8-5-14)15(2)22-13-16-6-9-19(23-3)18(12-16)20-21-10-11-24-20/h4-12,15,22H,13H2,1-3H3. The number of aromatic nitrogens is 1. The molecule has 3 aromatic rings. The van der Waals surface area contributed by atoms with Crippen molar-refractivity contribution >= 4 is 11.3 Å². The van der Waals surface area contributed by atoms with Crippen molar-refractivity contribution in [1.29, 1.82) is 0 Å². The smallest absolute Gasteiger partial charge is 0.129 e. The highest BCUT2D eigenvalue weighted by Gasteiger charge is 2.10. The van der Waals surface area contributed by atoms with Crippen LogP contribution in [0.4, 0.5) is 0 Å². The molecule has 0 aliphatic carbocycles. The topological polar surface area (TPSA) is 34.1 Å². The van der Waals surface area contributed by atoms with Gasteiger partial charge >= 0.3 is 0 Å². The summed E-state index contributed by atoms with van der Waals surface area (Å²) in [6.07, 6.45) is 1.82. The van der Waals surface area contributed by atoms with Crippen molar-refractivity contribution in [3.8, 4) is 16.3 Å². The first-order chi connectivity index (χ1) is 11.7. The maximum absolute atomic E-state index is 5.48. The molecule has 1 aromatic heterocycles. The van der Waals surface area contributed by atoms with Crippen molar-refractivity contribution in [1.82, 2.24) is 10.3 Å². The molecule has 124 valence electrons. The van der Waals surface area contributed by atoms with Gasteiger partial charge in [0.1, 0.15) is 10.8 Å². The summed E-state index contributed by atoms with van der Waals surface area (Å²) in [5.74, 6) is 0.861. The Morgan fingerprint density at radius 1 is 1.17 bits per heavy atom. The van der Waals surface area contributed by atoms with E-state index in [1.165, 1.54) is 16.7 Å². The predicted octanol–water partition coefficient (Wildman–Crippen LogP) is 4.98. The minimum absolute atomic E-state index is 0.302. The molecule has 0 saturated carbocycles. The van der Waals surface area contributed by atoms with Crippen molar-refractivity contribution in [2.45, 2.75) is 26.4 Å². The summed E-state index contributed by atoms with van der Waals surface area (Å²) in [7, 11) is 1.70. The molecule has 1 unspecified atom stereocenters. The summed E-state index contributed by atoms with van der Waals surface area (Å²) in [4.78, 5) is 4.41. The average molecular weight is 338 g/mol. The van der Waals surface area contributed by atoms with Gasteiger partial charge in [0.05, 0.1) is 12.7 Å². The number of nitrogens with one attached hydrogen (secondary N) is 1. The first-order valence-corrected chi connectivity index (χ1v) is 8.92.